The van der Waals surface area contributed by atoms with Gasteiger partial charge in [0.1, 0.15) is 0 Å². The molecule has 1 aromatic rings. The summed E-state index contributed by atoms with van der Waals surface area (Å²) in [5.41, 5.74) is -0.427. The maximum Gasteiger partial charge on any atom is 0.310 e. The summed E-state index contributed by atoms with van der Waals surface area (Å²) in [5.74, 6) is -0.598. The molecule has 6 nitrogen and oxygen atoms in total. The molecule has 1 rings (SSSR count). The van der Waals surface area contributed by atoms with Crippen LogP contribution in [0.1, 0.15) is 33.1 Å². The summed E-state index contributed by atoms with van der Waals surface area (Å²) in [7, 11) is 3.66. The number of aliphatic carboxylic acids is 1. The van der Waals surface area contributed by atoms with Gasteiger partial charge in [-0.2, -0.15) is 0 Å². The highest BCUT2D eigenvalue weighted by Crippen LogP contribution is 2.32. The van der Waals surface area contributed by atoms with Crippen molar-refractivity contribution in [3.63, 3.8) is 0 Å². The molecule has 0 radical (unpaired) electrons. The molecule has 21 heavy (non-hydrogen) atoms. The van der Waals surface area contributed by atoms with Gasteiger partial charge in [-0.25, -0.2) is 4.98 Å². The van der Waals surface area contributed by atoms with Crippen LogP contribution in [0.5, 0.6) is 0 Å². The van der Waals surface area contributed by atoms with Gasteiger partial charge in [0.25, 0.3) is 0 Å². The monoisotopic (exact) mass is 293 g/mol. The van der Waals surface area contributed by atoms with E-state index in [1.807, 2.05) is 14.1 Å². The third kappa shape index (κ3) is 3.93. The van der Waals surface area contributed by atoms with Gasteiger partial charge in [-0.1, -0.05) is 13.8 Å². The molecule has 2 N–H and O–H groups in total. The van der Waals surface area contributed by atoms with Gasteiger partial charge in [-0.15, -0.1) is 0 Å². The van der Waals surface area contributed by atoms with Crippen LogP contribution < -0.4 is 10.2 Å². The summed E-state index contributed by atoms with van der Waals surface area (Å²) in [6.07, 6.45) is 2.43. The zero-order chi connectivity index (χ0) is 16.0. The predicted octanol–water partition coefficient (Wildman–Crippen LogP) is 2.37. The summed E-state index contributed by atoms with van der Waals surface area (Å²) in [6, 6.07) is 3.48. The van der Waals surface area contributed by atoms with E-state index < -0.39 is 11.4 Å². The molecule has 6 heteroatoms. The third-order valence-electron chi connectivity index (χ3n) is 3.79. The first kappa shape index (κ1) is 16.9. The first-order valence-corrected chi connectivity index (χ1v) is 7.02. The van der Waals surface area contributed by atoms with Crippen LogP contribution in [0.3, 0.4) is 0 Å². The SMILES string of the molecule is CCC(CC)(CC(=O)Nc1cccnc1N(C)C)C(=O)O. The van der Waals surface area contributed by atoms with Crippen LogP contribution >= 0.6 is 0 Å². The van der Waals surface area contributed by atoms with Gasteiger partial charge in [-0.3, -0.25) is 9.59 Å². The van der Waals surface area contributed by atoms with E-state index in [9.17, 15) is 14.7 Å². The Balaban J connectivity index is 2.90. The Morgan fingerprint density at radius 2 is 1.95 bits per heavy atom. The quantitative estimate of drug-likeness (QED) is 0.806. The molecule has 1 amide bonds. The van der Waals surface area contributed by atoms with Crippen molar-refractivity contribution < 1.29 is 14.7 Å². The summed E-state index contributed by atoms with van der Waals surface area (Å²) < 4.78 is 0. The smallest absolute Gasteiger partial charge is 0.310 e. The molecule has 0 spiro atoms. The molecular weight excluding hydrogens is 270 g/mol. The van der Waals surface area contributed by atoms with Crippen molar-refractivity contribution in [1.29, 1.82) is 0 Å². The molecule has 0 saturated heterocycles. The second-order valence-electron chi connectivity index (χ2n) is 5.29. The molecule has 0 bridgehead atoms. The molecule has 1 heterocycles. The van der Waals surface area contributed by atoms with E-state index in [4.69, 9.17) is 0 Å². The molecule has 0 saturated carbocycles. The third-order valence-corrected chi connectivity index (χ3v) is 3.79. The Labute approximate surface area is 125 Å². The van der Waals surface area contributed by atoms with Crippen molar-refractivity contribution in [2.24, 2.45) is 5.41 Å². The lowest BCUT2D eigenvalue weighted by Crippen LogP contribution is -2.34. The molecule has 1 aromatic heterocycles. The number of aromatic nitrogens is 1. The fourth-order valence-corrected chi connectivity index (χ4v) is 2.23. The number of hydrogen-bond donors (Lipinski definition) is 2. The minimum Gasteiger partial charge on any atom is -0.481 e. The maximum absolute atomic E-state index is 12.2. The number of pyridine rings is 1. The van der Waals surface area contributed by atoms with E-state index in [1.165, 1.54) is 0 Å². The Morgan fingerprint density at radius 3 is 2.43 bits per heavy atom. The number of carbonyl (C=O) groups is 2. The molecule has 0 atom stereocenters. The average molecular weight is 293 g/mol. The Morgan fingerprint density at radius 1 is 1.33 bits per heavy atom. The highest BCUT2D eigenvalue weighted by atomic mass is 16.4. The van der Waals surface area contributed by atoms with Crippen molar-refractivity contribution in [3.8, 4) is 0 Å². The minimum atomic E-state index is -1.01. The van der Waals surface area contributed by atoms with E-state index in [1.54, 1.807) is 37.1 Å². The van der Waals surface area contributed by atoms with Crippen LogP contribution in [0.4, 0.5) is 11.5 Å². The molecule has 0 fully saturated rings. The maximum atomic E-state index is 12.2. The highest BCUT2D eigenvalue weighted by Gasteiger charge is 2.37. The van der Waals surface area contributed by atoms with Gasteiger partial charge < -0.3 is 15.3 Å². The Bertz CT molecular complexity index is 511. The normalized spacial score (nSPS) is 11.0. The molecule has 116 valence electrons. The van der Waals surface area contributed by atoms with Crippen molar-refractivity contribution in [1.82, 2.24) is 4.98 Å². The van der Waals surface area contributed by atoms with Gasteiger partial charge in [0, 0.05) is 26.7 Å². The van der Waals surface area contributed by atoms with E-state index >= 15 is 0 Å². The van der Waals surface area contributed by atoms with Crippen LogP contribution in [0.15, 0.2) is 18.3 Å². The van der Waals surface area contributed by atoms with E-state index in [0.29, 0.717) is 24.3 Å². The topological polar surface area (TPSA) is 82.5 Å². The van der Waals surface area contributed by atoms with E-state index in [0.717, 1.165) is 0 Å². The fourth-order valence-electron chi connectivity index (χ4n) is 2.23. The molecule has 0 aliphatic rings. The van der Waals surface area contributed by atoms with Crippen molar-refractivity contribution in [2.45, 2.75) is 33.1 Å². The summed E-state index contributed by atoms with van der Waals surface area (Å²) in [4.78, 5) is 29.6. The van der Waals surface area contributed by atoms with Crippen LogP contribution in [-0.4, -0.2) is 36.1 Å². The number of nitrogens with zero attached hydrogens (tertiary/aromatic N) is 2. The standard InChI is InChI=1S/C15H23N3O3/c1-5-15(6-2,14(20)21)10-12(19)17-11-8-7-9-16-13(11)18(3)4/h7-9H,5-6,10H2,1-4H3,(H,17,19)(H,20,21). The zero-order valence-electron chi connectivity index (χ0n) is 13.0. The largest absolute Gasteiger partial charge is 0.481 e. The summed E-state index contributed by atoms with van der Waals surface area (Å²) >= 11 is 0. The van der Waals surface area contributed by atoms with Crippen LogP contribution in [-0.2, 0) is 9.59 Å². The Hall–Kier alpha value is -2.11. The lowest BCUT2D eigenvalue weighted by atomic mass is 9.79. The van der Waals surface area contributed by atoms with Gasteiger partial charge >= 0.3 is 5.97 Å². The van der Waals surface area contributed by atoms with Crippen molar-refractivity contribution in [2.75, 3.05) is 24.3 Å². The predicted molar refractivity (Wildman–Crippen MR) is 82.5 cm³/mol. The first-order chi connectivity index (χ1) is 9.86. The van der Waals surface area contributed by atoms with Crippen LogP contribution in [0.25, 0.3) is 0 Å². The minimum absolute atomic E-state index is 0.0445. The fraction of sp³-hybridized carbons (Fsp3) is 0.533. The van der Waals surface area contributed by atoms with E-state index in [-0.39, 0.29) is 12.3 Å². The lowest BCUT2D eigenvalue weighted by molar-refractivity contribution is -0.151. The average Bonchev–Trinajstić information content (AvgIpc) is 2.44. The number of carbonyl (C=O) groups excluding carboxylic acids is 1. The van der Waals surface area contributed by atoms with E-state index in [2.05, 4.69) is 10.3 Å². The highest BCUT2D eigenvalue weighted by molar-refractivity contribution is 5.96. The molecular formula is C15H23N3O3. The number of carboxylic acid groups (broad SMARTS) is 1. The summed E-state index contributed by atoms with van der Waals surface area (Å²) in [5, 5.41) is 12.1. The Kier molecular flexibility index (Phi) is 5.69. The lowest BCUT2D eigenvalue weighted by Gasteiger charge is -2.26. The summed E-state index contributed by atoms with van der Waals surface area (Å²) in [6.45, 7) is 3.58. The second kappa shape index (κ2) is 7.06. The van der Waals surface area contributed by atoms with Crippen molar-refractivity contribution >= 4 is 23.4 Å². The zero-order valence-corrected chi connectivity index (χ0v) is 13.0. The van der Waals surface area contributed by atoms with Crippen LogP contribution in [0, 0.1) is 5.41 Å². The number of carboxylic acids is 1. The molecule has 0 aliphatic carbocycles. The molecule has 0 aliphatic heterocycles. The molecule has 0 aromatic carbocycles. The number of anilines is 2. The number of rotatable bonds is 7. The van der Waals surface area contributed by atoms with Gasteiger partial charge in [0.05, 0.1) is 11.1 Å². The number of hydrogen-bond acceptors (Lipinski definition) is 4. The van der Waals surface area contributed by atoms with Crippen molar-refractivity contribution in [3.05, 3.63) is 18.3 Å². The second-order valence-corrected chi connectivity index (χ2v) is 5.29. The van der Waals surface area contributed by atoms with Gasteiger partial charge in [-0.05, 0) is 25.0 Å². The first-order valence-electron chi connectivity index (χ1n) is 7.02. The van der Waals surface area contributed by atoms with Gasteiger partial charge in [0.15, 0.2) is 5.82 Å². The number of nitrogens with one attached hydrogen (secondary N) is 1. The molecule has 0 unspecified atom stereocenters. The van der Waals surface area contributed by atoms with Gasteiger partial charge in [0.2, 0.25) is 5.91 Å². The number of amides is 1. The van der Waals surface area contributed by atoms with Crippen LogP contribution in [0.2, 0.25) is 0 Å².